The van der Waals surface area contributed by atoms with Gasteiger partial charge in [0.15, 0.2) is 5.69 Å². The molecule has 1 aliphatic heterocycles. The maximum atomic E-state index is 13.2. The highest BCUT2D eigenvalue weighted by molar-refractivity contribution is 5.84. The summed E-state index contributed by atoms with van der Waals surface area (Å²) in [5.41, 5.74) is 1.99. The highest BCUT2D eigenvalue weighted by Gasteiger charge is 2.29. The number of hydrogen-bond acceptors (Lipinski definition) is 4. The second kappa shape index (κ2) is 5.25. The maximum Gasteiger partial charge on any atom is 0.358 e. The van der Waals surface area contributed by atoms with Crippen molar-refractivity contribution >= 4 is 5.97 Å². The zero-order chi connectivity index (χ0) is 15.0. The lowest BCUT2D eigenvalue weighted by atomic mass is 10.0. The molecule has 1 N–H and O–H groups in total. The highest BCUT2D eigenvalue weighted by Crippen LogP contribution is 2.24. The van der Waals surface area contributed by atoms with Crippen LogP contribution in [-0.4, -0.2) is 44.1 Å². The highest BCUT2D eigenvalue weighted by atomic mass is 19.1. The van der Waals surface area contributed by atoms with Gasteiger partial charge >= 0.3 is 5.97 Å². The summed E-state index contributed by atoms with van der Waals surface area (Å²) in [6.45, 7) is 4.14. The molecule has 0 saturated carbocycles. The third kappa shape index (κ3) is 2.78. The standard InChI is InChI=1S/C14H15FN4O2/c1-9-2-3-11(15)4-10(9)5-18-6-12(7-18)19-8-13(14(20)21)16-17-19/h2-4,8,12H,5-7H2,1H3,(H,20,21). The Balaban J connectivity index is 1.60. The lowest BCUT2D eigenvalue weighted by Crippen LogP contribution is -2.47. The summed E-state index contributed by atoms with van der Waals surface area (Å²) in [5.74, 6) is -1.30. The number of nitrogens with zero attached hydrogens (tertiary/aromatic N) is 4. The number of halogens is 1. The smallest absolute Gasteiger partial charge is 0.358 e. The molecule has 6 nitrogen and oxygen atoms in total. The van der Waals surface area contributed by atoms with E-state index in [4.69, 9.17) is 5.11 Å². The summed E-state index contributed by atoms with van der Waals surface area (Å²) >= 11 is 0. The number of carboxylic acid groups (broad SMARTS) is 1. The SMILES string of the molecule is Cc1ccc(F)cc1CN1CC(n2cc(C(=O)O)nn2)C1. The number of hydrogen-bond donors (Lipinski definition) is 1. The Hall–Kier alpha value is -2.28. The summed E-state index contributed by atoms with van der Waals surface area (Å²) in [5, 5.41) is 16.2. The number of aromatic carboxylic acids is 1. The number of carbonyl (C=O) groups is 1. The van der Waals surface area contributed by atoms with Crippen molar-refractivity contribution in [1.29, 1.82) is 0 Å². The molecule has 0 bridgehead atoms. The first-order valence-corrected chi connectivity index (χ1v) is 6.65. The molecule has 21 heavy (non-hydrogen) atoms. The first-order chi connectivity index (χ1) is 10.0. The summed E-state index contributed by atoms with van der Waals surface area (Å²) in [7, 11) is 0. The minimum Gasteiger partial charge on any atom is -0.476 e. The van der Waals surface area contributed by atoms with E-state index < -0.39 is 5.97 Å². The van der Waals surface area contributed by atoms with E-state index in [1.54, 1.807) is 16.8 Å². The van der Waals surface area contributed by atoms with Gasteiger partial charge in [-0.05, 0) is 30.2 Å². The Morgan fingerprint density at radius 2 is 2.24 bits per heavy atom. The Labute approximate surface area is 120 Å². The van der Waals surface area contributed by atoms with Crippen LogP contribution < -0.4 is 0 Å². The Morgan fingerprint density at radius 3 is 2.90 bits per heavy atom. The summed E-state index contributed by atoms with van der Waals surface area (Å²) < 4.78 is 14.8. The van der Waals surface area contributed by atoms with E-state index in [0.717, 1.165) is 24.2 Å². The average molecular weight is 290 g/mol. The van der Waals surface area contributed by atoms with Crippen LogP contribution in [0.25, 0.3) is 0 Å². The lowest BCUT2D eigenvalue weighted by molar-refractivity contribution is 0.0690. The van der Waals surface area contributed by atoms with Crippen molar-refractivity contribution in [3.05, 3.63) is 47.0 Å². The molecule has 110 valence electrons. The minimum absolute atomic E-state index is 0.0468. The van der Waals surface area contributed by atoms with Crippen LogP contribution in [0.3, 0.4) is 0 Å². The normalized spacial score (nSPS) is 15.9. The fraction of sp³-hybridized carbons (Fsp3) is 0.357. The molecule has 1 fully saturated rings. The molecule has 1 saturated heterocycles. The molecule has 2 heterocycles. The molecule has 0 aliphatic carbocycles. The second-order valence-electron chi connectivity index (χ2n) is 5.31. The van der Waals surface area contributed by atoms with E-state index in [0.29, 0.717) is 6.54 Å². The largest absolute Gasteiger partial charge is 0.476 e. The van der Waals surface area contributed by atoms with Crippen LogP contribution in [0.2, 0.25) is 0 Å². The molecule has 1 aliphatic rings. The van der Waals surface area contributed by atoms with Gasteiger partial charge in [0, 0.05) is 19.6 Å². The minimum atomic E-state index is -1.08. The first-order valence-electron chi connectivity index (χ1n) is 6.65. The Bertz CT molecular complexity index is 679. The molecule has 0 spiro atoms. The van der Waals surface area contributed by atoms with Gasteiger partial charge in [0.2, 0.25) is 0 Å². The number of benzene rings is 1. The molecule has 0 radical (unpaired) electrons. The number of aromatic nitrogens is 3. The van der Waals surface area contributed by atoms with Crippen LogP contribution >= 0.6 is 0 Å². The van der Waals surface area contributed by atoms with Crippen LogP contribution in [0.5, 0.6) is 0 Å². The molecule has 0 unspecified atom stereocenters. The van der Waals surface area contributed by atoms with Crippen molar-refractivity contribution in [1.82, 2.24) is 19.9 Å². The van der Waals surface area contributed by atoms with Crippen molar-refractivity contribution in [2.24, 2.45) is 0 Å². The number of rotatable bonds is 4. The van der Waals surface area contributed by atoms with Gasteiger partial charge in [-0.15, -0.1) is 5.10 Å². The monoisotopic (exact) mass is 290 g/mol. The van der Waals surface area contributed by atoms with Crippen molar-refractivity contribution in [2.75, 3.05) is 13.1 Å². The summed E-state index contributed by atoms with van der Waals surface area (Å²) in [6, 6.07) is 4.92. The predicted octanol–water partition coefficient (Wildman–Crippen LogP) is 1.48. The fourth-order valence-electron chi connectivity index (χ4n) is 2.44. The van der Waals surface area contributed by atoms with Crippen LogP contribution in [0.4, 0.5) is 4.39 Å². The number of carboxylic acids is 1. The summed E-state index contributed by atoms with van der Waals surface area (Å²) in [6.07, 6.45) is 1.44. The van der Waals surface area contributed by atoms with E-state index in [1.807, 2.05) is 6.92 Å². The van der Waals surface area contributed by atoms with E-state index in [9.17, 15) is 9.18 Å². The molecule has 7 heteroatoms. The van der Waals surface area contributed by atoms with Gasteiger partial charge in [0.1, 0.15) is 5.82 Å². The molecule has 0 amide bonds. The van der Waals surface area contributed by atoms with Crippen LogP contribution in [0, 0.1) is 12.7 Å². The average Bonchev–Trinajstić information content (AvgIpc) is 2.86. The molecule has 1 aromatic heterocycles. The summed E-state index contributed by atoms with van der Waals surface area (Å²) in [4.78, 5) is 12.9. The zero-order valence-electron chi connectivity index (χ0n) is 11.5. The molecule has 0 atom stereocenters. The lowest BCUT2D eigenvalue weighted by Gasteiger charge is -2.39. The maximum absolute atomic E-state index is 13.2. The Kier molecular flexibility index (Phi) is 3.42. The van der Waals surface area contributed by atoms with Crippen molar-refractivity contribution in [3.8, 4) is 0 Å². The Morgan fingerprint density at radius 1 is 1.48 bits per heavy atom. The zero-order valence-corrected chi connectivity index (χ0v) is 11.5. The van der Waals surface area contributed by atoms with Gasteiger partial charge in [0.05, 0.1) is 12.2 Å². The molecular weight excluding hydrogens is 275 g/mol. The van der Waals surface area contributed by atoms with Crippen LogP contribution in [0.15, 0.2) is 24.4 Å². The molecule has 3 rings (SSSR count). The van der Waals surface area contributed by atoms with Gasteiger partial charge in [-0.25, -0.2) is 13.9 Å². The molecule has 2 aromatic rings. The van der Waals surface area contributed by atoms with E-state index in [1.165, 1.54) is 12.3 Å². The van der Waals surface area contributed by atoms with Gasteiger partial charge in [-0.2, -0.15) is 0 Å². The van der Waals surface area contributed by atoms with E-state index >= 15 is 0 Å². The molecule has 1 aromatic carbocycles. The third-order valence-corrected chi connectivity index (χ3v) is 3.75. The topological polar surface area (TPSA) is 71.2 Å². The van der Waals surface area contributed by atoms with Gasteiger partial charge in [-0.3, -0.25) is 4.90 Å². The third-order valence-electron chi connectivity index (χ3n) is 3.75. The predicted molar refractivity (Wildman–Crippen MR) is 72.4 cm³/mol. The van der Waals surface area contributed by atoms with Crippen LogP contribution in [-0.2, 0) is 6.54 Å². The first kappa shape index (κ1) is 13.7. The number of aryl methyl sites for hydroxylation is 1. The van der Waals surface area contributed by atoms with Crippen molar-refractivity contribution in [3.63, 3.8) is 0 Å². The van der Waals surface area contributed by atoms with Crippen LogP contribution in [0.1, 0.15) is 27.7 Å². The quantitative estimate of drug-likeness (QED) is 0.923. The fourth-order valence-corrected chi connectivity index (χ4v) is 2.44. The van der Waals surface area contributed by atoms with Crippen molar-refractivity contribution < 1.29 is 14.3 Å². The molecular formula is C14H15FN4O2. The van der Waals surface area contributed by atoms with Gasteiger partial charge < -0.3 is 5.11 Å². The van der Waals surface area contributed by atoms with E-state index in [2.05, 4.69) is 15.2 Å². The van der Waals surface area contributed by atoms with E-state index in [-0.39, 0.29) is 17.6 Å². The van der Waals surface area contributed by atoms with Crippen molar-refractivity contribution in [2.45, 2.75) is 19.5 Å². The number of likely N-dealkylation sites (tertiary alicyclic amines) is 1. The van der Waals surface area contributed by atoms with Gasteiger partial charge in [0.25, 0.3) is 0 Å². The van der Waals surface area contributed by atoms with Gasteiger partial charge in [-0.1, -0.05) is 11.3 Å². The second-order valence-corrected chi connectivity index (χ2v) is 5.31.